The molecule has 0 amide bonds. The Morgan fingerprint density at radius 1 is 0.385 bits per heavy atom. The number of carboxylic acid groups (broad SMARTS) is 1. The minimum atomic E-state index is -1.42. The molecule has 24 nitrogen and oxygen atoms in total. The molecule has 0 bridgehead atoms. The molecule has 3 aliphatic carbocycles. The van der Waals surface area contributed by atoms with Crippen LogP contribution >= 0.6 is 34.8 Å². The van der Waals surface area contributed by atoms with Gasteiger partial charge in [-0.05, 0) is 182 Å². The van der Waals surface area contributed by atoms with Crippen molar-refractivity contribution in [3.8, 4) is 17.2 Å². The van der Waals surface area contributed by atoms with Crippen LogP contribution in [-0.2, 0) is 52.5 Å². The number of aliphatic hydroxyl groups is 12. The van der Waals surface area contributed by atoms with E-state index in [9.17, 15) is 66.1 Å². The van der Waals surface area contributed by atoms with E-state index < -0.39 is 117 Å². The molecule has 7 fully saturated rings. The molecule has 4 heterocycles. The number of carbonyl (C=O) groups is 1. The highest BCUT2D eigenvalue weighted by Gasteiger charge is 2.47. The number of halogens is 3. The van der Waals surface area contributed by atoms with Gasteiger partial charge >= 0.3 is 5.97 Å². The van der Waals surface area contributed by atoms with Gasteiger partial charge in [0.1, 0.15) is 135 Å². The van der Waals surface area contributed by atoms with E-state index in [4.69, 9.17) is 82.5 Å². The maximum Gasteiger partial charge on any atom is 0.320 e. The number of hydrogen-bond acceptors (Lipinski definition) is 23. The van der Waals surface area contributed by atoms with Gasteiger partial charge in [-0.3, -0.25) is 4.79 Å². The van der Waals surface area contributed by atoms with E-state index in [-0.39, 0.29) is 6.04 Å². The van der Waals surface area contributed by atoms with Gasteiger partial charge < -0.3 is 114 Å². The van der Waals surface area contributed by atoms with Crippen LogP contribution in [0.3, 0.4) is 0 Å². The zero-order valence-corrected chi connectivity index (χ0v) is 59.7. The van der Waals surface area contributed by atoms with Crippen LogP contribution in [0, 0.1) is 0 Å². The SMILES string of the molecule is O=C(O)[C@@H]1CCCN1.OC[C@H]1O[C@@H](c2ccc(Cl)c(Cc3ccc(OCCOC4CC4)cc3)c2)[C@H](O)[C@@H](O)[C@@H]1O.OC[C@H]1O[C@@H](c2ccc(Cl)c(Cc3ccc(OCCOC4CC4)cc3)c2)[C@H](O)[C@@H](O)[C@@H]1O.OC[C@H]1O[C@@H](c2ccc(Cl)c(Cc3ccc(OCCOC4CC4)cc3)c2)[C@H](O)[C@@H](O)[C@@H]1O. The first-order chi connectivity index (χ1) is 50.2. The molecule has 4 aliphatic heterocycles. The van der Waals surface area contributed by atoms with E-state index in [1.807, 2.05) is 91.0 Å². The third-order valence-corrected chi connectivity index (χ3v) is 20.0. The molecule has 14 N–H and O–H groups in total. The summed E-state index contributed by atoms with van der Waals surface area (Å²) < 4.78 is 50.8. The Balaban J connectivity index is 0.000000158. The molecule has 7 aliphatic rings. The molecule has 104 heavy (non-hydrogen) atoms. The smallest absolute Gasteiger partial charge is 0.320 e. The van der Waals surface area contributed by atoms with E-state index in [1.165, 1.54) is 0 Å². The number of aliphatic hydroxyl groups excluding tert-OH is 12. The van der Waals surface area contributed by atoms with Crippen molar-refractivity contribution in [3.05, 3.63) is 193 Å². The zero-order valence-electron chi connectivity index (χ0n) is 57.5. The van der Waals surface area contributed by atoms with Crippen LogP contribution in [0.1, 0.15) is 120 Å². The van der Waals surface area contributed by atoms with Crippen molar-refractivity contribution in [1.82, 2.24) is 5.32 Å². The molecule has 0 spiro atoms. The average molecular weight is 1510 g/mol. The topological polar surface area (TPSA) is 375 Å². The van der Waals surface area contributed by atoms with E-state index in [1.54, 1.807) is 36.4 Å². The molecular formula is C77H96Cl3NO23. The minimum absolute atomic E-state index is 0.269. The number of nitrogens with one attached hydrogen (secondary N) is 1. The van der Waals surface area contributed by atoms with Gasteiger partial charge in [0.15, 0.2) is 0 Å². The third kappa shape index (κ3) is 23.2. The number of hydrogen-bond donors (Lipinski definition) is 14. The first-order valence-corrected chi connectivity index (χ1v) is 36.5. The molecule has 3 saturated carbocycles. The number of carboxylic acids is 1. The first-order valence-electron chi connectivity index (χ1n) is 35.4. The van der Waals surface area contributed by atoms with Crippen LogP contribution in [-0.4, -0.2) is 236 Å². The molecule has 4 saturated heterocycles. The van der Waals surface area contributed by atoms with Gasteiger partial charge in [0.25, 0.3) is 0 Å². The van der Waals surface area contributed by atoms with Gasteiger partial charge in [-0.25, -0.2) is 0 Å². The van der Waals surface area contributed by atoms with E-state index in [0.717, 1.165) is 109 Å². The van der Waals surface area contributed by atoms with Crippen LogP contribution < -0.4 is 19.5 Å². The van der Waals surface area contributed by atoms with Crippen LogP contribution in [0.25, 0.3) is 0 Å². The summed E-state index contributed by atoms with van der Waals surface area (Å²) >= 11 is 19.2. The summed E-state index contributed by atoms with van der Waals surface area (Å²) in [5, 5.41) is 133. The Kier molecular flexibility index (Phi) is 30.6. The van der Waals surface area contributed by atoms with Crippen molar-refractivity contribution >= 4 is 40.8 Å². The molecule has 16 atom stereocenters. The molecule has 6 aromatic carbocycles. The molecule has 568 valence electrons. The maximum atomic E-state index is 10.4. The largest absolute Gasteiger partial charge is 0.491 e. The highest BCUT2D eigenvalue weighted by atomic mass is 35.5. The monoisotopic (exact) mass is 1510 g/mol. The zero-order chi connectivity index (χ0) is 74.0. The van der Waals surface area contributed by atoms with Crippen molar-refractivity contribution in [2.45, 2.75) is 187 Å². The highest BCUT2D eigenvalue weighted by molar-refractivity contribution is 6.32. The van der Waals surface area contributed by atoms with Gasteiger partial charge in [0, 0.05) is 15.1 Å². The predicted octanol–water partition coefficient (Wildman–Crippen LogP) is 5.83. The van der Waals surface area contributed by atoms with Crippen molar-refractivity contribution in [1.29, 1.82) is 0 Å². The normalized spacial score (nSPS) is 28.0. The second-order valence-electron chi connectivity index (χ2n) is 27.0. The van der Waals surface area contributed by atoms with Crippen LogP contribution in [0.2, 0.25) is 15.1 Å². The lowest BCUT2D eigenvalue weighted by atomic mass is 9.90. The van der Waals surface area contributed by atoms with Gasteiger partial charge in [0.2, 0.25) is 0 Å². The fourth-order valence-electron chi connectivity index (χ4n) is 12.3. The fraction of sp³-hybridized carbons (Fsp3) is 0.519. The number of aliphatic carboxylic acids is 1. The minimum Gasteiger partial charge on any atom is -0.491 e. The lowest BCUT2D eigenvalue weighted by Gasteiger charge is -2.40. The third-order valence-electron chi connectivity index (χ3n) is 18.9. The van der Waals surface area contributed by atoms with Gasteiger partial charge in [-0.15, -0.1) is 0 Å². The molecule has 27 heteroatoms. The van der Waals surface area contributed by atoms with Crippen molar-refractivity contribution in [2.24, 2.45) is 0 Å². The molecule has 13 rings (SSSR count). The second kappa shape index (κ2) is 39.4. The Labute approximate surface area is 619 Å². The number of ether oxygens (including phenoxy) is 9. The summed E-state index contributed by atoms with van der Waals surface area (Å²) in [5.74, 6) is 1.60. The van der Waals surface area contributed by atoms with Gasteiger partial charge in [-0.1, -0.05) is 108 Å². The van der Waals surface area contributed by atoms with E-state index in [2.05, 4.69) is 5.32 Å². The van der Waals surface area contributed by atoms with E-state index in [0.29, 0.717) is 109 Å². The lowest BCUT2D eigenvalue weighted by molar-refractivity contribution is -0.231. The Bertz CT molecular complexity index is 3250. The summed E-state index contributed by atoms with van der Waals surface area (Å²) in [7, 11) is 0. The van der Waals surface area contributed by atoms with Crippen molar-refractivity contribution in [3.63, 3.8) is 0 Å². The summed E-state index contributed by atoms with van der Waals surface area (Å²) in [6.45, 7) is 2.77. The number of benzene rings is 6. The van der Waals surface area contributed by atoms with Crippen LogP contribution in [0.5, 0.6) is 17.2 Å². The molecule has 0 aromatic heterocycles. The average Bonchev–Trinajstić information content (AvgIpc) is 1.52. The van der Waals surface area contributed by atoms with Crippen LogP contribution in [0.4, 0.5) is 0 Å². The molecular weight excluding hydrogens is 1410 g/mol. The summed E-state index contributed by atoms with van der Waals surface area (Å²) in [5.41, 5.74) is 7.39. The molecule has 6 aromatic rings. The number of rotatable bonds is 28. The quantitative estimate of drug-likeness (QED) is 0.0257. The second-order valence-corrected chi connectivity index (χ2v) is 28.2. The maximum absolute atomic E-state index is 10.4. The Hall–Kier alpha value is -5.70. The van der Waals surface area contributed by atoms with E-state index >= 15 is 0 Å². The summed E-state index contributed by atoms with van der Waals surface area (Å²) in [4.78, 5) is 10.1. The van der Waals surface area contributed by atoms with Gasteiger partial charge in [-0.2, -0.15) is 0 Å². The van der Waals surface area contributed by atoms with Crippen molar-refractivity contribution in [2.75, 3.05) is 66.0 Å². The summed E-state index contributed by atoms with van der Waals surface area (Å²) in [6, 6.07) is 38.7. The van der Waals surface area contributed by atoms with Crippen LogP contribution in [0.15, 0.2) is 127 Å². The predicted molar refractivity (Wildman–Crippen MR) is 382 cm³/mol. The lowest BCUT2D eigenvalue weighted by Crippen LogP contribution is -2.55. The van der Waals surface area contributed by atoms with Crippen molar-refractivity contribution < 1.29 is 114 Å². The molecule has 0 radical (unpaired) electrons. The van der Waals surface area contributed by atoms with Gasteiger partial charge in [0.05, 0.1) is 58.0 Å². The first kappa shape index (κ1) is 80.8. The standard InChI is InChI=1S/3C24H29ClO7.C5H9NO2/c3*25-19-8-3-15(24-23(29)22(28)21(27)20(13-26)32-24)12-16(19)11-14-1-4-17(5-2-14)30-9-10-31-18-6-7-18;7-5(8)4-2-1-3-6-4/h3*1-5,8,12,18,20-24,26-29H,6-7,9-11,13H2;4,6H,1-3H2,(H,7,8)/t3*20-,21-,22+,23-,24+;4-/m1110/s1. The Morgan fingerprint density at radius 3 is 0.904 bits per heavy atom. The highest BCUT2D eigenvalue weighted by Crippen LogP contribution is 2.39. The Morgan fingerprint density at radius 2 is 0.673 bits per heavy atom. The molecule has 0 unspecified atom stereocenters. The fourth-order valence-corrected chi connectivity index (χ4v) is 12.9. The summed E-state index contributed by atoms with van der Waals surface area (Å²) in [6.07, 6.45) is -6.41.